The highest BCUT2D eigenvalue weighted by Gasteiger charge is 2.46. The van der Waals surface area contributed by atoms with Crippen LogP contribution in [0.2, 0.25) is 0 Å². The van der Waals surface area contributed by atoms with Gasteiger partial charge in [0.2, 0.25) is 0 Å². The van der Waals surface area contributed by atoms with Crippen LogP contribution in [0.15, 0.2) is 24.5 Å². The first-order chi connectivity index (χ1) is 9.12. The van der Waals surface area contributed by atoms with Gasteiger partial charge in [-0.05, 0) is 31.7 Å². The third-order valence-corrected chi connectivity index (χ3v) is 4.60. The first-order valence-electron chi connectivity index (χ1n) is 6.97. The molecule has 0 aromatic carbocycles. The maximum atomic E-state index is 10.9. The van der Waals surface area contributed by atoms with Gasteiger partial charge in [-0.3, -0.25) is 4.98 Å². The van der Waals surface area contributed by atoms with Gasteiger partial charge >= 0.3 is 0 Å². The van der Waals surface area contributed by atoms with Crippen molar-refractivity contribution in [2.24, 2.45) is 5.92 Å². The van der Waals surface area contributed by atoms with E-state index in [-0.39, 0.29) is 11.5 Å². The molecule has 3 heterocycles. The lowest BCUT2D eigenvalue weighted by atomic mass is 9.73. The first kappa shape index (κ1) is 13.0. The van der Waals surface area contributed by atoms with Crippen LogP contribution in [0.3, 0.4) is 0 Å². The van der Waals surface area contributed by atoms with E-state index in [4.69, 9.17) is 9.47 Å². The molecule has 19 heavy (non-hydrogen) atoms. The zero-order valence-corrected chi connectivity index (χ0v) is 11.3. The molecule has 1 N–H and O–H groups in total. The minimum absolute atomic E-state index is 0.172. The SMILES string of the molecule is CC(O)(c1cccnc1)C1CCOC2(CCOC2)C1. The second-order valence-electron chi connectivity index (χ2n) is 5.91. The summed E-state index contributed by atoms with van der Waals surface area (Å²) in [5.41, 5.74) is -0.140. The zero-order valence-electron chi connectivity index (χ0n) is 11.3. The fourth-order valence-corrected chi connectivity index (χ4v) is 3.27. The maximum Gasteiger partial charge on any atom is 0.0940 e. The quantitative estimate of drug-likeness (QED) is 0.885. The highest BCUT2D eigenvalue weighted by Crippen LogP contribution is 2.43. The zero-order chi connectivity index (χ0) is 13.3. The molecule has 0 saturated carbocycles. The van der Waals surface area contributed by atoms with Crippen molar-refractivity contribution in [1.29, 1.82) is 0 Å². The largest absolute Gasteiger partial charge is 0.385 e. The number of hydrogen-bond donors (Lipinski definition) is 1. The molecule has 4 heteroatoms. The van der Waals surface area contributed by atoms with Crippen LogP contribution in [0.4, 0.5) is 0 Å². The molecule has 1 spiro atoms. The van der Waals surface area contributed by atoms with E-state index in [9.17, 15) is 5.11 Å². The summed E-state index contributed by atoms with van der Waals surface area (Å²) < 4.78 is 11.4. The van der Waals surface area contributed by atoms with E-state index in [1.54, 1.807) is 12.4 Å². The summed E-state index contributed by atoms with van der Waals surface area (Å²) in [5, 5.41) is 10.9. The van der Waals surface area contributed by atoms with Crippen LogP contribution in [0.1, 0.15) is 31.7 Å². The Balaban J connectivity index is 1.81. The Morgan fingerprint density at radius 3 is 3.05 bits per heavy atom. The average Bonchev–Trinajstić information content (AvgIpc) is 2.88. The number of pyridine rings is 1. The van der Waals surface area contributed by atoms with Gasteiger partial charge in [-0.2, -0.15) is 0 Å². The Morgan fingerprint density at radius 2 is 2.37 bits per heavy atom. The van der Waals surface area contributed by atoms with E-state index < -0.39 is 5.60 Å². The van der Waals surface area contributed by atoms with E-state index in [1.807, 2.05) is 19.1 Å². The van der Waals surface area contributed by atoms with Crippen molar-refractivity contribution in [2.45, 2.75) is 37.4 Å². The van der Waals surface area contributed by atoms with Gasteiger partial charge in [0.25, 0.3) is 0 Å². The molecule has 2 aliphatic rings. The van der Waals surface area contributed by atoms with Crippen molar-refractivity contribution < 1.29 is 14.6 Å². The van der Waals surface area contributed by atoms with Crippen molar-refractivity contribution in [1.82, 2.24) is 4.98 Å². The first-order valence-corrected chi connectivity index (χ1v) is 6.97. The monoisotopic (exact) mass is 263 g/mol. The normalized spacial score (nSPS) is 34.3. The van der Waals surface area contributed by atoms with E-state index in [2.05, 4.69) is 4.98 Å². The van der Waals surface area contributed by atoms with Crippen LogP contribution in [-0.4, -0.2) is 35.5 Å². The number of hydrogen-bond acceptors (Lipinski definition) is 4. The predicted octanol–water partition coefficient (Wildman–Crippen LogP) is 1.87. The van der Waals surface area contributed by atoms with Crippen LogP contribution < -0.4 is 0 Å². The van der Waals surface area contributed by atoms with Gasteiger partial charge in [-0.1, -0.05) is 6.07 Å². The Kier molecular flexibility index (Phi) is 3.33. The van der Waals surface area contributed by atoms with Crippen LogP contribution in [0.5, 0.6) is 0 Å². The van der Waals surface area contributed by atoms with Gasteiger partial charge in [-0.25, -0.2) is 0 Å². The van der Waals surface area contributed by atoms with E-state index in [0.717, 1.165) is 31.4 Å². The average molecular weight is 263 g/mol. The molecule has 2 saturated heterocycles. The second-order valence-corrected chi connectivity index (χ2v) is 5.91. The van der Waals surface area contributed by atoms with Gasteiger partial charge in [0.15, 0.2) is 0 Å². The molecule has 0 amide bonds. The third-order valence-electron chi connectivity index (χ3n) is 4.60. The van der Waals surface area contributed by atoms with Gasteiger partial charge in [-0.15, -0.1) is 0 Å². The molecule has 4 nitrogen and oxygen atoms in total. The number of rotatable bonds is 2. The standard InChI is InChI=1S/C15H21NO3/c1-14(17,13-3-2-6-16-10-13)12-4-7-19-15(9-12)5-8-18-11-15/h2-3,6,10,12,17H,4-5,7-9,11H2,1H3. The second kappa shape index (κ2) is 4.85. The minimum Gasteiger partial charge on any atom is -0.385 e. The minimum atomic E-state index is -0.854. The fourth-order valence-electron chi connectivity index (χ4n) is 3.27. The molecule has 0 aliphatic carbocycles. The molecule has 2 aliphatic heterocycles. The van der Waals surface area contributed by atoms with Gasteiger partial charge in [0.05, 0.1) is 17.8 Å². The summed E-state index contributed by atoms with van der Waals surface area (Å²) in [5.74, 6) is 0.187. The summed E-state index contributed by atoms with van der Waals surface area (Å²) in [6.07, 6.45) is 6.16. The van der Waals surface area contributed by atoms with Crippen molar-refractivity contribution in [3.05, 3.63) is 30.1 Å². The lowest BCUT2D eigenvalue weighted by Gasteiger charge is -2.43. The lowest BCUT2D eigenvalue weighted by molar-refractivity contribution is -0.140. The van der Waals surface area contributed by atoms with Gasteiger partial charge < -0.3 is 14.6 Å². The van der Waals surface area contributed by atoms with Crippen molar-refractivity contribution >= 4 is 0 Å². The van der Waals surface area contributed by atoms with Crippen LogP contribution >= 0.6 is 0 Å². The highest BCUT2D eigenvalue weighted by atomic mass is 16.6. The number of aromatic nitrogens is 1. The molecular weight excluding hydrogens is 242 g/mol. The van der Waals surface area contributed by atoms with Crippen LogP contribution in [0.25, 0.3) is 0 Å². The molecule has 0 radical (unpaired) electrons. The molecular formula is C15H21NO3. The molecule has 1 aromatic rings. The molecule has 3 unspecified atom stereocenters. The van der Waals surface area contributed by atoms with Crippen molar-refractivity contribution in [2.75, 3.05) is 19.8 Å². The molecule has 1 aromatic heterocycles. The maximum absolute atomic E-state index is 10.9. The molecule has 3 atom stereocenters. The summed E-state index contributed by atoms with van der Waals surface area (Å²) >= 11 is 0. The third kappa shape index (κ3) is 2.40. The molecule has 0 bridgehead atoms. The number of nitrogens with zero attached hydrogens (tertiary/aromatic N) is 1. The Labute approximate surface area is 113 Å². The van der Waals surface area contributed by atoms with Gasteiger partial charge in [0.1, 0.15) is 0 Å². The highest BCUT2D eigenvalue weighted by molar-refractivity contribution is 5.19. The summed E-state index contributed by atoms with van der Waals surface area (Å²) in [7, 11) is 0. The Hall–Kier alpha value is -0.970. The topological polar surface area (TPSA) is 51.6 Å². The fraction of sp³-hybridized carbons (Fsp3) is 0.667. The number of ether oxygens (including phenoxy) is 2. The Bertz CT molecular complexity index is 426. The molecule has 3 rings (SSSR count). The molecule has 104 valence electrons. The van der Waals surface area contributed by atoms with Gasteiger partial charge in [0, 0.05) is 37.6 Å². The Morgan fingerprint density at radius 1 is 1.47 bits per heavy atom. The van der Waals surface area contributed by atoms with E-state index in [0.29, 0.717) is 13.2 Å². The van der Waals surface area contributed by atoms with E-state index >= 15 is 0 Å². The van der Waals surface area contributed by atoms with Crippen LogP contribution in [0, 0.1) is 5.92 Å². The smallest absolute Gasteiger partial charge is 0.0940 e. The van der Waals surface area contributed by atoms with Crippen molar-refractivity contribution in [3.8, 4) is 0 Å². The summed E-state index contributed by atoms with van der Waals surface area (Å²) in [4.78, 5) is 4.12. The molecule has 2 fully saturated rings. The summed E-state index contributed by atoms with van der Waals surface area (Å²) in [6.45, 7) is 4.02. The lowest BCUT2D eigenvalue weighted by Crippen LogP contribution is -2.46. The summed E-state index contributed by atoms with van der Waals surface area (Å²) in [6, 6.07) is 3.82. The van der Waals surface area contributed by atoms with Crippen LogP contribution in [-0.2, 0) is 15.1 Å². The predicted molar refractivity (Wildman–Crippen MR) is 70.7 cm³/mol. The van der Waals surface area contributed by atoms with Crippen molar-refractivity contribution in [3.63, 3.8) is 0 Å². The number of aliphatic hydroxyl groups is 1. The van der Waals surface area contributed by atoms with E-state index in [1.165, 1.54) is 0 Å².